The van der Waals surface area contributed by atoms with Crippen LogP contribution in [0.2, 0.25) is 0 Å². The Bertz CT molecular complexity index is 1020. The van der Waals surface area contributed by atoms with Crippen LogP contribution in [0.15, 0.2) is 60.4 Å². The van der Waals surface area contributed by atoms with Crippen molar-refractivity contribution in [2.24, 2.45) is 0 Å². The zero-order chi connectivity index (χ0) is 18.3. The number of esters is 2. The molecule has 0 radical (unpaired) electrons. The van der Waals surface area contributed by atoms with E-state index in [9.17, 15) is 9.59 Å². The first-order valence-corrected chi connectivity index (χ1v) is 8.14. The molecule has 0 saturated carbocycles. The average molecular weight is 348 g/mol. The molecule has 0 N–H and O–H groups in total. The second-order valence-electron chi connectivity index (χ2n) is 6.43. The molecule has 130 valence electrons. The molecule has 6 nitrogen and oxygen atoms in total. The Balaban J connectivity index is 1.64. The highest BCUT2D eigenvalue weighted by Gasteiger charge is 2.38. The highest BCUT2D eigenvalue weighted by molar-refractivity contribution is 6.18. The van der Waals surface area contributed by atoms with E-state index in [1.165, 1.54) is 19.9 Å². The Labute approximate surface area is 149 Å². The second kappa shape index (κ2) is 5.84. The minimum Gasteiger partial charge on any atom is -0.419 e. The van der Waals surface area contributed by atoms with Crippen LogP contribution >= 0.6 is 0 Å². The van der Waals surface area contributed by atoms with Gasteiger partial charge in [0.15, 0.2) is 0 Å². The van der Waals surface area contributed by atoms with Gasteiger partial charge in [-0.15, -0.1) is 0 Å². The first-order chi connectivity index (χ1) is 12.4. The number of cyclic esters (lactones) is 2. The van der Waals surface area contributed by atoms with Gasteiger partial charge in [0.2, 0.25) is 0 Å². The van der Waals surface area contributed by atoms with Gasteiger partial charge >= 0.3 is 11.9 Å². The van der Waals surface area contributed by atoms with Crippen molar-refractivity contribution in [1.29, 1.82) is 0 Å². The second-order valence-corrected chi connectivity index (χ2v) is 6.43. The highest BCUT2D eigenvalue weighted by atomic mass is 16.7. The smallest absolute Gasteiger partial charge is 0.348 e. The molecular weight excluding hydrogens is 332 g/mol. The minimum atomic E-state index is -1.24. The predicted octanol–water partition coefficient (Wildman–Crippen LogP) is 3.25. The van der Waals surface area contributed by atoms with E-state index in [2.05, 4.69) is 4.98 Å². The summed E-state index contributed by atoms with van der Waals surface area (Å²) in [4.78, 5) is 28.4. The number of hydrogen-bond donors (Lipinski definition) is 0. The summed E-state index contributed by atoms with van der Waals surface area (Å²) in [7, 11) is 0. The molecule has 0 atom stereocenters. The molecule has 1 saturated heterocycles. The Hall–Kier alpha value is -3.41. The highest BCUT2D eigenvalue weighted by Crippen LogP contribution is 2.25. The first kappa shape index (κ1) is 16.1. The molecule has 1 aromatic heterocycles. The van der Waals surface area contributed by atoms with Gasteiger partial charge < -0.3 is 9.47 Å². The van der Waals surface area contributed by atoms with Crippen LogP contribution in [0.5, 0.6) is 0 Å². The normalized spacial score (nSPS) is 16.3. The quantitative estimate of drug-likeness (QED) is 0.404. The number of rotatable bonds is 2. The maximum Gasteiger partial charge on any atom is 0.348 e. The molecule has 0 amide bonds. The van der Waals surface area contributed by atoms with Crippen LogP contribution in [-0.4, -0.2) is 27.3 Å². The van der Waals surface area contributed by atoms with Crippen LogP contribution in [0, 0.1) is 0 Å². The molecule has 0 spiro atoms. The van der Waals surface area contributed by atoms with E-state index in [1.807, 2.05) is 53.1 Å². The number of aromatic nitrogens is 2. The fourth-order valence-corrected chi connectivity index (χ4v) is 2.84. The molecule has 1 aliphatic heterocycles. The Morgan fingerprint density at radius 1 is 0.962 bits per heavy atom. The Kier molecular flexibility index (Phi) is 3.61. The van der Waals surface area contributed by atoms with Crippen molar-refractivity contribution in [1.82, 2.24) is 9.55 Å². The van der Waals surface area contributed by atoms with Crippen LogP contribution < -0.4 is 0 Å². The maximum absolute atomic E-state index is 12.0. The number of carbonyl (C=O) groups excluding carboxylic acids is 2. The van der Waals surface area contributed by atoms with E-state index < -0.39 is 17.7 Å². The number of ether oxygens (including phenoxy) is 2. The predicted molar refractivity (Wildman–Crippen MR) is 95.3 cm³/mol. The number of para-hydroxylation sites is 2. The van der Waals surface area contributed by atoms with Crippen molar-refractivity contribution < 1.29 is 19.1 Å². The summed E-state index contributed by atoms with van der Waals surface area (Å²) in [5.41, 5.74) is 3.41. The summed E-state index contributed by atoms with van der Waals surface area (Å²) in [6, 6.07) is 15.3. The fraction of sp³-hybridized carbons (Fsp3) is 0.150. The third-order valence-electron chi connectivity index (χ3n) is 4.05. The molecule has 2 heterocycles. The molecule has 0 aliphatic carbocycles. The van der Waals surface area contributed by atoms with Gasteiger partial charge in [-0.2, -0.15) is 0 Å². The lowest BCUT2D eigenvalue weighted by Gasteiger charge is -2.29. The van der Waals surface area contributed by atoms with Crippen molar-refractivity contribution in [3.05, 3.63) is 66.0 Å². The van der Waals surface area contributed by atoms with Crippen LogP contribution in [0.25, 0.3) is 22.8 Å². The molecule has 1 aliphatic rings. The summed E-state index contributed by atoms with van der Waals surface area (Å²) >= 11 is 0. The van der Waals surface area contributed by atoms with E-state index in [0.29, 0.717) is 5.56 Å². The van der Waals surface area contributed by atoms with E-state index in [1.54, 1.807) is 6.33 Å². The van der Waals surface area contributed by atoms with Crippen LogP contribution in [0.1, 0.15) is 19.4 Å². The molecule has 1 fully saturated rings. The molecule has 26 heavy (non-hydrogen) atoms. The summed E-state index contributed by atoms with van der Waals surface area (Å²) in [5.74, 6) is -2.61. The van der Waals surface area contributed by atoms with Crippen molar-refractivity contribution in [3.8, 4) is 5.69 Å². The number of imidazole rings is 1. The van der Waals surface area contributed by atoms with Crippen LogP contribution in [0.3, 0.4) is 0 Å². The van der Waals surface area contributed by atoms with Crippen LogP contribution in [-0.2, 0) is 19.1 Å². The maximum atomic E-state index is 12.0. The lowest BCUT2D eigenvalue weighted by molar-refractivity contribution is -0.222. The third kappa shape index (κ3) is 2.86. The average Bonchev–Trinajstić information content (AvgIpc) is 3.02. The van der Waals surface area contributed by atoms with E-state index in [-0.39, 0.29) is 5.57 Å². The summed E-state index contributed by atoms with van der Waals surface area (Å²) < 4.78 is 12.2. The van der Waals surface area contributed by atoms with Gasteiger partial charge in [0.1, 0.15) is 11.9 Å². The zero-order valence-corrected chi connectivity index (χ0v) is 14.3. The number of hydrogen-bond acceptors (Lipinski definition) is 5. The summed E-state index contributed by atoms with van der Waals surface area (Å²) in [5, 5.41) is 0. The van der Waals surface area contributed by atoms with Gasteiger partial charge in [0.05, 0.1) is 11.0 Å². The number of nitrogens with zero attached hydrogens (tertiary/aromatic N) is 2. The molecule has 0 bridgehead atoms. The number of carbonyl (C=O) groups is 2. The fourth-order valence-electron chi connectivity index (χ4n) is 2.84. The van der Waals surface area contributed by atoms with Gasteiger partial charge in [-0.25, -0.2) is 14.6 Å². The zero-order valence-electron chi connectivity index (χ0n) is 14.3. The number of benzene rings is 2. The molecule has 4 rings (SSSR count). The topological polar surface area (TPSA) is 70.4 Å². The summed E-state index contributed by atoms with van der Waals surface area (Å²) in [6.45, 7) is 3.04. The molecule has 2 aromatic carbocycles. The molecule has 6 heteroatoms. The van der Waals surface area contributed by atoms with Crippen molar-refractivity contribution in [2.75, 3.05) is 0 Å². The standard InChI is InChI=1S/C20H16N2O4/c1-20(2)25-18(23)15(19(24)26-20)11-13-7-9-14(10-8-13)22-12-21-16-5-3-4-6-17(16)22/h3-12H,1-2H3. The van der Waals surface area contributed by atoms with E-state index in [0.717, 1.165) is 16.7 Å². The van der Waals surface area contributed by atoms with Gasteiger partial charge in [0.25, 0.3) is 5.79 Å². The molecule has 0 unspecified atom stereocenters. The minimum absolute atomic E-state index is 0.120. The lowest BCUT2D eigenvalue weighted by atomic mass is 10.1. The first-order valence-electron chi connectivity index (χ1n) is 8.14. The monoisotopic (exact) mass is 348 g/mol. The van der Waals surface area contributed by atoms with Gasteiger partial charge in [-0.1, -0.05) is 24.3 Å². The van der Waals surface area contributed by atoms with E-state index >= 15 is 0 Å². The van der Waals surface area contributed by atoms with Crippen molar-refractivity contribution in [2.45, 2.75) is 19.6 Å². The Morgan fingerprint density at radius 2 is 1.62 bits per heavy atom. The summed E-state index contributed by atoms with van der Waals surface area (Å²) in [6.07, 6.45) is 3.23. The number of fused-ring (bicyclic) bond motifs is 1. The Morgan fingerprint density at radius 3 is 2.31 bits per heavy atom. The molecule has 3 aromatic rings. The van der Waals surface area contributed by atoms with Gasteiger partial charge in [-0.3, -0.25) is 4.57 Å². The van der Waals surface area contributed by atoms with Crippen molar-refractivity contribution in [3.63, 3.8) is 0 Å². The molecular formula is C20H16N2O4. The lowest BCUT2D eigenvalue weighted by Crippen LogP contribution is -2.41. The SMILES string of the molecule is CC1(C)OC(=O)C(=Cc2ccc(-n3cnc4ccccc43)cc2)C(=O)O1. The van der Waals surface area contributed by atoms with Crippen molar-refractivity contribution >= 4 is 29.0 Å². The third-order valence-corrected chi connectivity index (χ3v) is 4.05. The van der Waals surface area contributed by atoms with Gasteiger partial charge in [-0.05, 0) is 35.9 Å². The van der Waals surface area contributed by atoms with Gasteiger partial charge in [0, 0.05) is 19.5 Å². The van der Waals surface area contributed by atoms with E-state index in [4.69, 9.17) is 9.47 Å². The largest absolute Gasteiger partial charge is 0.419 e. The van der Waals surface area contributed by atoms with Crippen LogP contribution in [0.4, 0.5) is 0 Å².